The molecule has 1 heterocycles. The first-order valence-corrected chi connectivity index (χ1v) is 5.51. The minimum atomic E-state index is -0.966. The van der Waals surface area contributed by atoms with Gasteiger partial charge < -0.3 is 5.11 Å². The van der Waals surface area contributed by atoms with Crippen molar-refractivity contribution in [1.82, 2.24) is 4.98 Å². The summed E-state index contributed by atoms with van der Waals surface area (Å²) in [6, 6.07) is 6.16. The first kappa shape index (κ1) is 12.0. The van der Waals surface area contributed by atoms with Crippen molar-refractivity contribution in [3.05, 3.63) is 64.2 Å². The van der Waals surface area contributed by atoms with Crippen LogP contribution in [0.5, 0.6) is 0 Å². The third-order valence-electron chi connectivity index (χ3n) is 2.65. The summed E-state index contributed by atoms with van der Waals surface area (Å²) in [5, 5.41) is 10.1. The van der Waals surface area contributed by atoms with E-state index >= 15 is 0 Å². The van der Waals surface area contributed by atoms with Crippen molar-refractivity contribution in [3.63, 3.8) is 0 Å². The zero-order valence-corrected chi connectivity index (χ0v) is 9.95. The Balaban J connectivity index is 2.48. The minimum Gasteiger partial charge on any atom is -0.384 e. The summed E-state index contributed by atoms with van der Waals surface area (Å²) in [6.45, 7) is 1.85. The molecule has 0 aliphatic rings. The average molecular weight is 252 g/mol. The Morgan fingerprint density at radius 3 is 2.76 bits per heavy atom. The standard InChI is InChI=1S/C13H11ClFNO/c1-8-5-6-16-7-10(8)13(17)9-3-2-4-11(15)12(9)14/h2-7,13,17H,1H3. The Morgan fingerprint density at radius 2 is 2.06 bits per heavy atom. The number of aliphatic hydroxyl groups excluding tert-OH is 1. The van der Waals surface area contributed by atoms with Gasteiger partial charge in [-0.05, 0) is 24.6 Å². The predicted octanol–water partition coefficient (Wildman–Crippen LogP) is 3.26. The number of rotatable bonds is 2. The van der Waals surface area contributed by atoms with Crippen molar-refractivity contribution in [2.75, 3.05) is 0 Å². The highest BCUT2D eigenvalue weighted by Crippen LogP contribution is 2.30. The van der Waals surface area contributed by atoms with E-state index in [-0.39, 0.29) is 5.02 Å². The van der Waals surface area contributed by atoms with Crippen LogP contribution in [0, 0.1) is 12.7 Å². The quantitative estimate of drug-likeness (QED) is 0.889. The van der Waals surface area contributed by atoms with Crippen molar-refractivity contribution in [3.8, 4) is 0 Å². The summed E-state index contributed by atoms with van der Waals surface area (Å²) >= 11 is 5.83. The molecule has 88 valence electrons. The molecule has 1 atom stereocenters. The van der Waals surface area contributed by atoms with Gasteiger partial charge in [-0.2, -0.15) is 0 Å². The number of aryl methyl sites for hydroxylation is 1. The summed E-state index contributed by atoms with van der Waals surface area (Å²) in [4.78, 5) is 3.95. The van der Waals surface area contributed by atoms with Crippen LogP contribution in [0.4, 0.5) is 4.39 Å². The van der Waals surface area contributed by atoms with E-state index in [0.717, 1.165) is 5.56 Å². The van der Waals surface area contributed by atoms with Crippen LogP contribution >= 0.6 is 11.6 Å². The number of aliphatic hydroxyl groups is 1. The summed E-state index contributed by atoms with van der Waals surface area (Å²) < 4.78 is 13.3. The van der Waals surface area contributed by atoms with Gasteiger partial charge in [0.1, 0.15) is 11.9 Å². The van der Waals surface area contributed by atoms with Gasteiger partial charge in [0.15, 0.2) is 0 Å². The maximum absolute atomic E-state index is 13.3. The summed E-state index contributed by atoms with van der Waals surface area (Å²) in [7, 11) is 0. The van der Waals surface area contributed by atoms with Crippen LogP contribution in [-0.4, -0.2) is 10.1 Å². The third kappa shape index (κ3) is 2.30. The third-order valence-corrected chi connectivity index (χ3v) is 3.05. The van der Waals surface area contributed by atoms with E-state index in [4.69, 9.17) is 11.6 Å². The zero-order valence-electron chi connectivity index (χ0n) is 9.19. The second-order valence-corrected chi connectivity index (χ2v) is 4.16. The van der Waals surface area contributed by atoms with Gasteiger partial charge in [0.25, 0.3) is 0 Å². The smallest absolute Gasteiger partial charge is 0.142 e. The van der Waals surface area contributed by atoms with Crippen molar-refractivity contribution in [2.24, 2.45) is 0 Å². The highest BCUT2D eigenvalue weighted by molar-refractivity contribution is 6.31. The topological polar surface area (TPSA) is 33.1 Å². The number of benzene rings is 1. The Morgan fingerprint density at radius 1 is 1.29 bits per heavy atom. The average Bonchev–Trinajstić information content (AvgIpc) is 2.32. The molecular weight excluding hydrogens is 241 g/mol. The molecule has 0 aliphatic carbocycles. The van der Waals surface area contributed by atoms with E-state index in [9.17, 15) is 9.50 Å². The normalized spacial score (nSPS) is 12.5. The molecule has 0 fully saturated rings. The Hall–Kier alpha value is -1.45. The lowest BCUT2D eigenvalue weighted by atomic mass is 9.99. The second-order valence-electron chi connectivity index (χ2n) is 3.78. The lowest BCUT2D eigenvalue weighted by Crippen LogP contribution is -2.04. The van der Waals surface area contributed by atoms with E-state index in [1.807, 2.05) is 6.92 Å². The number of hydrogen-bond donors (Lipinski definition) is 1. The van der Waals surface area contributed by atoms with Crippen LogP contribution in [0.15, 0.2) is 36.7 Å². The van der Waals surface area contributed by atoms with Gasteiger partial charge in [0, 0.05) is 23.5 Å². The van der Waals surface area contributed by atoms with Crippen molar-refractivity contribution >= 4 is 11.6 Å². The van der Waals surface area contributed by atoms with Gasteiger partial charge >= 0.3 is 0 Å². The molecule has 0 amide bonds. The molecule has 1 unspecified atom stereocenters. The molecule has 2 rings (SSSR count). The van der Waals surface area contributed by atoms with E-state index < -0.39 is 11.9 Å². The highest BCUT2D eigenvalue weighted by atomic mass is 35.5. The zero-order chi connectivity index (χ0) is 12.4. The fourth-order valence-corrected chi connectivity index (χ4v) is 1.89. The molecule has 1 aromatic carbocycles. The molecule has 1 N–H and O–H groups in total. The molecule has 0 saturated carbocycles. The van der Waals surface area contributed by atoms with Gasteiger partial charge in [-0.1, -0.05) is 23.7 Å². The molecule has 4 heteroatoms. The monoisotopic (exact) mass is 251 g/mol. The Labute approximate surface area is 104 Å². The van der Waals surface area contributed by atoms with Gasteiger partial charge in [0.2, 0.25) is 0 Å². The minimum absolute atomic E-state index is 0.0525. The number of hydrogen-bond acceptors (Lipinski definition) is 2. The fourth-order valence-electron chi connectivity index (χ4n) is 1.66. The van der Waals surface area contributed by atoms with Crippen molar-refractivity contribution in [2.45, 2.75) is 13.0 Å². The second kappa shape index (κ2) is 4.82. The molecule has 0 aliphatic heterocycles. The maximum atomic E-state index is 13.3. The molecule has 0 saturated heterocycles. The molecule has 17 heavy (non-hydrogen) atoms. The van der Waals surface area contributed by atoms with E-state index in [2.05, 4.69) is 4.98 Å². The first-order chi connectivity index (χ1) is 8.11. The molecule has 0 bridgehead atoms. The number of aromatic nitrogens is 1. The summed E-state index contributed by atoms with van der Waals surface area (Å²) in [6.07, 6.45) is 2.23. The predicted molar refractivity (Wildman–Crippen MR) is 64.4 cm³/mol. The number of pyridine rings is 1. The van der Waals surface area contributed by atoms with Gasteiger partial charge in [-0.25, -0.2) is 4.39 Å². The summed E-state index contributed by atoms with van der Waals surface area (Å²) in [5.74, 6) is -0.537. The van der Waals surface area contributed by atoms with Crippen LogP contribution in [0.2, 0.25) is 5.02 Å². The van der Waals surface area contributed by atoms with E-state index in [1.54, 1.807) is 24.5 Å². The maximum Gasteiger partial charge on any atom is 0.142 e. The SMILES string of the molecule is Cc1ccncc1C(O)c1cccc(F)c1Cl. The van der Waals surface area contributed by atoms with Crippen LogP contribution in [-0.2, 0) is 0 Å². The van der Waals surface area contributed by atoms with E-state index in [0.29, 0.717) is 11.1 Å². The Bertz CT molecular complexity index is 545. The molecule has 2 aromatic rings. The first-order valence-electron chi connectivity index (χ1n) is 5.13. The van der Waals surface area contributed by atoms with Gasteiger partial charge in [-0.3, -0.25) is 4.98 Å². The van der Waals surface area contributed by atoms with Crippen LogP contribution in [0.25, 0.3) is 0 Å². The van der Waals surface area contributed by atoms with Gasteiger partial charge in [-0.15, -0.1) is 0 Å². The van der Waals surface area contributed by atoms with Gasteiger partial charge in [0.05, 0.1) is 5.02 Å². The molecular formula is C13H11ClFNO. The molecule has 2 nitrogen and oxygen atoms in total. The molecule has 0 radical (unpaired) electrons. The van der Waals surface area contributed by atoms with Crippen LogP contribution < -0.4 is 0 Å². The van der Waals surface area contributed by atoms with Crippen molar-refractivity contribution in [1.29, 1.82) is 0 Å². The largest absolute Gasteiger partial charge is 0.384 e. The molecule has 0 spiro atoms. The highest BCUT2D eigenvalue weighted by Gasteiger charge is 2.17. The van der Waals surface area contributed by atoms with E-state index in [1.165, 1.54) is 12.1 Å². The number of nitrogens with zero attached hydrogens (tertiary/aromatic N) is 1. The Kier molecular flexibility index (Phi) is 3.41. The lowest BCUT2D eigenvalue weighted by Gasteiger charge is -2.15. The fraction of sp³-hybridized carbons (Fsp3) is 0.154. The molecule has 1 aromatic heterocycles. The summed E-state index contributed by atoms with van der Waals surface area (Å²) in [5.41, 5.74) is 1.86. The van der Waals surface area contributed by atoms with Crippen molar-refractivity contribution < 1.29 is 9.50 Å². The lowest BCUT2D eigenvalue weighted by molar-refractivity contribution is 0.218. The van der Waals surface area contributed by atoms with Crippen LogP contribution in [0.1, 0.15) is 22.8 Å². The number of halogens is 2. The van der Waals surface area contributed by atoms with Crippen LogP contribution in [0.3, 0.4) is 0 Å².